The number of nitrogens with zero attached hydrogens (tertiary/aromatic N) is 3. The second-order valence-corrected chi connectivity index (χ2v) is 5.80. The van der Waals surface area contributed by atoms with E-state index in [1.54, 1.807) is 10.7 Å². The molecular weight excluding hydrogens is 264 g/mol. The highest BCUT2D eigenvalue weighted by Gasteiger charge is 2.27. The molecule has 0 saturated heterocycles. The Labute approximate surface area is 116 Å². The number of hydrogen-bond donors (Lipinski definition) is 2. The molecule has 0 saturated carbocycles. The molecule has 0 aliphatic carbocycles. The van der Waals surface area contributed by atoms with Gasteiger partial charge in [-0.15, -0.1) is 0 Å². The normalized spacial score (nSPS) is 12.9. The van der Waals surface area contributed by atoms with E-state index in [4.69, 9.17) is 5.73 Å². The number of alkyl halides is 2. The van der Waals surface area contributed by atoms with Crippen LogP contribution in [0.2, 0.25) is 0 Å². The van der Waals surface area contributed by atoms with Gasteiger partial charge in [0.2, 0.25) is 0 Å². The minimum absolute atomic E-state index is 0.121. The van der Waals surface area contributed by atoms with Gasteiger partial charge in [0, 0.05) is 17.8 Å². The summed E-state index contributed by atoms with van der Waals surface area (Å²) in [6.07, 6.45) is 3.21. The van der Waals surface area contributed by atoms with Crippen LogP contribution >= 0.6 is 0 Å². The molecule has 0 aliphatic heterocycles. The SMILES string of the molecule is CC(C)(C)c1cc2c(NCC(F)(F)CN)nccn2n1. The quantitative estimate of drug-likeness (QED) is 0.901. The molecule has 2 rings (SSSR count). The molecule has 2 aromatic heterocycles. The summed E-state index contributed by atoms with van der Waals surface area (Å²) in [5.41, 5.74) is 6.44. The molecule has 20 heavy (non-hydrogen) atoms. The molecule has 0 aromatic carbocycles. The summed E-state index contributed by atoms with van der Waals surface area (Å²) in [4.78, 5) is 4.09. The van der Waals surface area contributed by atoms with Crippen LogP contribution in [0, 0.1) is 0 Å². The van der Waals surface area contributed by atoms with E-state index in [1.165, 1.54) is 6.20 Å². The van der Waals surface area contributed by atoms with Crippen molar-refractivity contribution in [3.63, 3.8) is 0 Å². The zero-order valence-corrected chi connectivity index (χ0v) is 11.8. The minimum atomic E-state index is -2.96. The molecule has 2 aromatic rings. The van der Waals surface area contributed by atoms with Crippen molar-refractivity contribution in [3.05, 3.63) is 24.2 Å². The highest BCUT2D eigenvalue weighted by Crippen LogP contribution is 2.25. The average Bonchev–Trinajstić information content (AvgIpc) is 2.80. The highest BCUT2D eigenvalue weighted by atomic mass is 19.3. The van der Waals surface area contributed by atoms with Crippen molar-refractivity contribution >= 4 is 11.3 Å². The highest BCUT2D eigenvalue weighted by molar-refractivity contribution is 5.68. The molecule has 2 heterocycles. The van der Waals surface area contributed by atoms with Gasteiger partial charge in [0.05, 0.1) is 18.8 Å². The molecule has 0 radical (unpaired) electrons. The standard InChI is InChI=1S/C13H19F2N5/c1-12(2,3)10-6-9-11(17-4-5-20(9)19-10)18-8-13(14,15)7-16/h4-6H,7-8,16H2,1-3H3,(H,17,18). The van der Waals surface area contributed by atoms with Crippen molar-refractivity contribution in [3.8, 4) is 0 Å². The van der Waals surface area contributed by atoms with Gasteiger partial charge in [0.25, 0.3) is 5.92 Å². The van der Waals surface area contributed by atoms with E-state index in [2.05, 4.69) is 15.4 Å². The van der Waals surface area contributed by atoms with Crippen LogP contribution in [0.1, 0.15) is 26.5 Å². The molecule has 0 spiro atoms. The first-order valence-corrected chi connectivity index (χ1v) is 6.39. The first-order valence-electron chi connectivity index (χ1n) is 6.39. The van der Waals surface area contributed by atoms with Crippen molar-refractivity contribution < 1.29 is 8.78 Å². The molecule has 0 unspecified atom stereocenters. The van der Waals surface area contributed by atoms with E-state index < -0.39 is 19.0 Å². The number of rotatable bonds is 4. The van der Waals surface area contributed by atoms with E-state index >= 15 is 0 Å². The number of fused-ring (bicyclic) bond motifs is 1. The summed E-state index contributed by atoms with van der Waals surface area (Å²) in [7, 11) is 0. The summed E-state index contributed by atoms with van der Waals surface area (Å²) in [5.74, 6) is -2.58. The van der Waals surface area contributed by atoms with Crippen molar-refractivity contribution in [2.75, 3.05) is 18.4 Å². The topological polar surface area (TPSA) is 68.2 Å². The fourth-order valence-corrected chi connectivity index (χ4v) is 1.71. The van der Waals surface area contributed by atoms with Gasteiger partial charge in [-0.1, -0.05) is 20.8 Å². The molecule has 110 valence electrons. The number of hydrogen-bond acceptors (Lipinski definition) is 4. The Kier molecular flexibility index (Phi) is 3.64. The predicted octanol–water partition coefficient (Wildman–Crippen LogP) is 2.03. The van der Waals surface area contributed by atoms with Crippen molar-refractivity contribution in [1.82, 2.24) is 14.6 Å². The van der Waals surface area contributed by atoms with E-state index in [1.807, 2.05) is 26.8 Å². The number of nitrogens with two attached hydrogens (primary N) is 1. The maximum atomic E-state index is 13.2. The lowest BCUT2D eigenvalue weighted by molar-refractivity contribution is 0.0253. The number of halogens is 2. The monoisotopic (exact) mass is 283 g/mol. The van der Waals surface area contributed by atoms with E-state index in [-0.39, 0.29) is 5.41 Å². The maximum Gasteiger partial charge on any atom is 0.276 e. The Morgan fingerprint density at radius 1 is 1.35 bits per heavy atom. The first-order chi connectivity index (χ1) is 9.23. The van der Waals surface area contributed by atoms with Crippen molar-refractivity contribution in [1.29, 1.82) is 0 Å². The van der Waals surface area contributed by atoms with Crippen LogP contribution in [0.3, 0.4) is 0 Å². The largest absolute Gasteiger partial charge is 0.362 e. The fraction of sp³-hybridized carbons (Fsp3) is 0.538. The van der Waals surface area contributed by atoms with Gasteiger partial charge >= 0.3 is 0 Å². The Bertz CT molecular complexity index is 600. The molecule has 0 atom stereocenters. The van der Waals surface area contributed by atoms with Crippen LogP contribution in [0.15, 0.2) is 18.5 Å². The van der Waals surface area contributed by atoms with Crippen LogP contribution in [0.4, 0.5) is 14.6 Å². The Balaban J connectivity index is 2.32. The first kappa shape index (κ1) is 14.6. The lowest BCUT2D eigenvalue weighted by atomic mass is 9.92. The molecule has 3 N–H and O–H groups in total. The smallest absolute Gasteiger partial charge is 0.276 e. The second-order valence-electron chi connectivity index (χ2n) is 5.80. The fourth-order valence-electron chi connectivity index (χ4n) is 1.71. The summed E-state index contributed by atoms with van der Waals surface area (Å²) in [5, 5.41) is 7.08. The number of aromatic nitrogens is 3. The third-order valence-corrected chi connectivity index (χ3v) is 2.97. The maximum absolute atomic E-state index is 13.2. The zero-order chi connectivity index (χ0) is 15.0. The Morgan fingerprint density at radius 3 is 2.65 bits per heavy atom. The molecule has 0 aliphatic rings. The number of nitrogens with one attached hydrogen (secondary N) is 1. The lowest BCUT2D eigenvalue weighted by Crippen LogP contribution is -2.35. The van der Waals surface area contributed by atoms with Crippen molar-refractivity contribution in [2.45, 2.75) is 32.1 Å². The average molecular weight is 283 g/mol. The van der Waals surface area contributed by atoms with Gasteiger partial charge in [0.15, 0.2) is 5.82 Å². The van der Waals surface area contributed by atoms with Crippen LogP contribution in [-0.4, -0.2) is 33.6 Å². The van der Waals surface area contributed by atoms with Gasteiger partial charge in [-0.3, -0.25) is 0 Å². The van der Waals surface area contributed by atoms with E-state index in [9.17, 15) is 8.78 Å². The zero-order valence-electron chi connectivity index (χ0n) is 11.8. The van der Waals surface area contributed by atoms with Crippen molar-refractivity contribution in [2.24, 2.45) is 5.73 Å². The van der Waals surface area contributed by atoms with Gasteiger partial charge in [0.1, 0.15) is 5.52 Å². The summed E-state index contributed by atoms with van der Waals surface area (Å²) in [6.45, 7) is 4.87. The summed E-state index contributed by atoms with van der Waals surface area (Å²) >= 11 is 0. The van der Waals surface area contributed by atoms with Gasteiger partial charge in [-0.25, -0.2) is 18.3 Å². The lowest BCUT2D eigenvalue weighted by Gasteiger charge is -2.15. The number of anilines is 1. The van der Waals surface area contributed by atoms with Crippen LogP contribution < -0.4 is 11.1 Å². The Hall–Kier alpha value is -1.76. The van der Waals surface area contributed by atoms with Gasteiger partial charge < -0.3 is 11.1 Å². The second kappa shape index (κ2) is 4.97. The third kappa shape index (κ3) is 3.04. The molecule has 5 nitrogen and oxygen atoms in total. The van der Waals surface area contributed by atoms with Crippen LogP contribution in [-0.2, 0) is 5.41 Å². The minimum Gasteiger partial charge on any atom is -0.362 e. The molecular formula is C13H19F2N5. The molecule has 0 amide bonds. The predicted molar refractivity (Wildman–Crippen MR) is 74.2 cm³/mol. The Morgan fingerprint density at radius 2 is 2.05 bits per heavy atom. The third-order valence-electron chi connectivity index (χ3n) is 2.97. The van der Waals surface area contributed by atoms with Crippen LogP contribution in [0.25, 0.3) is 5.52 Å². The summed E-state index contributed by atoms with van der Waals surface area (Å²) < 4.78 is 28.0. The molecule has 0 fully saturated rings. The van der Waals surface area contributed by atoms with Crippen LogP contribution in [0.5, 0.6) is 0 Å². The summed E-state index contributed by atoms with van der Waals surface area (Å²) in [6, 6.07) is 1.86. The van der Waals surface area contributed by atoms with Gasteiger partial charge in [-0.2, -0.15) is 5.10 Å². The van der Waals surface area contributed by atoms with E-state index in [0.29, 0.717) is 11.3 Å². The molecule has 0 bridgehead atoms. The molecule has 7 heteroatoms. The van der Waals surface area contributed by atoms with E-state index in [0.717, 1.165) is 5.69 Å². The van der Waals surface area contributed by atoms with Gasteiger partial charge in [-0.05, 0) is 6.07 Å².